The van der Waals surface area contributed by atoms with E-state index < -0.39 is 0 Å². The summed E-state index contributed by atoms with van der Waals surface area (Å²) in [6.07, 6.45) is 2.31. The highest BCUT2D eigenvalue weighted by Crippen LogP contribution is 2.16. The zero-order chi connectivity index (χ0) is 12.8. The lowest BCUT2D eigenvalue weighted by Gasteiger charge is -2.32. The van der Waals surface area contributed by atoms with Crippen molar-refractivity contribution in [1.29, 1.82) is 5.26 Å². The van der Waals surface area contributed by atoms with Gasteiger partial charge in [-0.15, -0.1) is 0 Å². The van der Waals surface area contributed by atoms with Gasteiger partial charge in [0.25, 0.3) is 0 Å². The van der Waals surface area contributed by atoms with Crippen molar-refractivity contribution in [3.05, 3.63) is 29.8 Å². The molecule has 0 unspecified atom stereocenters. The van der Waals surface area contributed by atoms with Crippen LogP contribution in [0.5, 0.6) is 0 Å². The maximum atomic E-state index is 8.74. The second kappa shape index (κ2) is 6.39. The van der Waals surface area contributed by atoms with Gasteiger partial charge in [-0.3, -0.25) is 0 Å². The average molecular weight is 244 g/mol. The lowest BCUT2D eigenvalue weighted by atomic mass is 10.0. The van der Waals surface area contributed by atoms with Crippen molar-refractivity contribution in [2.75, 3.05) is 31.5 Å². The van der Waals surface area contributed by atoms with Crippen LogP contribution in [-0.2, 0) is 0 Å². The summed E-state index contributed by atoms with van der Waals surface area (Å²) in [5.41, 5.74) is 7.37. The van der Waals surface area contributed by atoms with Crippen molar-refractivity contribution >= 4 is 5.69 Å². The van der Waals surface area contributed by atoms with Crippen LogP contribution in [0.2, 0.25) is 0 Å². The molecule has 0 bridgehead atoms. The molecule has 2 rings (SSSR count). The number of likely N-dealkylation sites (tertiary alicyclic amines) is 1. The number of benzene rings is 1. The fourth-order valence-electron chi connectivity index (χ4n) is 2.36. The van der Waals surface area contributed by atoms with E-state index in [1.165, 1.54) is 0 Å². The molecular formula is C14H20N4. The maximum Gasteiger partial charge on any atom is 0.0991 e. The molecule has 0 atom stereocenters. The van der Waals surface area contributed by atoms with Gasteiger partial charge in [-0.25, -0.2) is 0 Å². The zero-order valence-electron chi connectivity index (χ0n) is 10.6. The molecule has 0 saturated carbocycles. The zero-order valence-corrected chi connectivity index (χ0v) is 10.6. The van der Waals surface area contributed by atoms with Crippen LogP contribution in [0.1, 0.15) is 18.4 Å². The van der Waals surface area contributed by atoms with Crippen molar-refractivity contribution in [1.82, 2.24) is 4.90 Å². The summed E-state index contributed by atoms with van der Waals surface area (Å²) in [6, 6.07) is 10.3. The van der Waals surface area contributed by atoms with E-state index in [1.807, 2.05) is 24.3 Å². The molecule has 0 aliphatic carbocycles. The fourth-order valence-corrected chi connectivity index (χ4v) is 2.36. The van der Waals surface area contributed by atoms with Crippen molar-refractivity contribution in [3.63, 3.8) is 0 Å². The summed E-state index contributed by atoms with van der Waals surface area (Å²) < 4.78 is 0. The number of nitrogens with two attached hydrogens (primary N) is 1. The smallest absolute Gasteiger partial charge is 0.0991 e. The number of hydrogen-bond acceptors (Lipinski definition) is 4. The molecule has 1 aromatic rings. The number of rotatable bonds is 4. The summed E-state index contributed by atoms with van der Waals surface area (Å²) >= 11 is 0. The van der Waals surface area contributed by atoms with Crippen LogP contribution in [0.4, 0.5) is 5.69 Å². The molecule has 0 aromatic heterocycles. The second-order valence-electron chi connectivity index (χ2n) is 4.74. The van der Waals surface area contributed by atoms with E-state index in [9.17, 15) is 0 Å². The summed E-state index contributed by atoms with van der Waals surface area (Å²) in [5, 5.41) is 12.3. The highest BCUT2D eigenvalue weighted by molar-refractivity contribution is 5.47. The monoisotopic (exact) mass is 244 g/mol. The van der Waals surface area contributed by atoms with Gasteiger partial charge < -0.3 is 16.0 Å². The van der Waals surface area contributed by atoms with Crippen molar-refractivity contribution < 1.29 is 0 Å². The van der Waals surface area contributed by atoms with Gasteiger partial charge in [0.2, 0.25) is 0 Å². The van der Waals surface area contributed by atoms with Gasteiger partial charge in [0.15, 0.2) is 0 Å². The van der Waals surface area contributed by atoms with E-state index in [0.717, 1.165) is 44.7 Å². The highest BCUT2D eigenvalue weighted by Gasteiger charge is 2.18. The third-order valence-electron chi connectivity index (χ3n) is 3.42. The Balaban J connectivity index is 1.82. The number of hydrogen-bond donors (Lipinski definition) is 2. The highest BCUT2D eigenvalue weighted by atomic mass is 15.1. The Morgan fingerprint density at radius 1 is 1.28 bits per heavy atom. The Morgan fingerprint density at radius 3 is 2.50 bits per heavy atom. The third kappa shape index (κ3) is 3.46. The Morgan fingerprint density at radius 2 is 1.94 bits per heavy atom. The van der Waals surface area contributed by atoms with Gasteiger partial charge in [0, 0.05) is 37.9 Å². The number of anilines is 1. The van der Waals surface area contributed by atoms with Crippen molar-refractivity contribution in [3.8, 4) is 6.07 Å². The molecule has 3 N–H and O–H groups in total. The van der Waals surface area contributed by atoms with Crippen LogP contribution in [-0.4, -0.2) is 37.1 Å². The molecule has 1 heterocycles. The largest absolute Gasteiger partial charge is 0.382 e. The van der Waals surface area contributed by atoms with Crippen LogP contribution in [0.15, 0.2) is 24.3 Å². The molecule has 0 amide bonds. The van der Waals surface area contributed by atoms with Gasteiger partial charge in [-0.2, -0.15) is 5.26 Å². The Kier molecular flexibility index (Phi) is 4.57. The van der Waals surface area contributed by atoms with Crippen LogP contribution < -0.4 is 11.1 Å². The number of piperidine rings is 1. The molecule has 0 spiro atoms. The average Bonchev–Trinajstić information content (AvgIpc) is 2.42. The number of nitrogens with zero attached hydrogens (tertiary/aromatic N) is 2. The van der Waals surface area contributed by atoms with Crippen LogP contribution in [0, 0.1) is 11.3 Å². The normalized spacial score (nSPS) is 17.3. The first-order valence-electron chi connectivity index (χ1n) is 6.51. The van der Waals surface area contributed by atoms with Gasteiger partial charge in [-0.05, 0) is 37.1 Å². The quantitative estimate of drug-likeness (QED) is 0.840. The van der Waals surface area contributed by atoms with E-state index in [2.05, 4.69) is 16.3 Å². The van der Waals surface area contributed by atoms with Crippen LogP contribution in [0.25, 0.3) is 0 Å². The molecule has 0 radical (unpaired) electrons. The lowest BCUT2D eigenvalue weighted by molar-refractivity contribution is 0.224. The van der Waals surface area contributed by atoms with Gasteiger partial charge in [-0.1, -0.05) is 0 Å². The molecule has 1 fully saturated rings. The van der Waals surface area contributed by atoms with E-state index >= 15 is 0 Å². The SMILES string of the molecule is N#Cc1ccc(NC2CCN(CCN)CC2)cc1. The number of nitrogens with one attached hydrogen (secondary N) is 1. The van der Waals surface area contributed by atoms with Gasteiger partial charge >= 0.3 is 0 Å². The minimum Gasteiger partial charge on any atom is -0.382 e. The molecule has 4 nitrogen and oxygen atoms in total. The van der Waals surface area contributed by atoms with Crippen molar-refractivity contribution in [2.45, 2.75) is 18.9 Å². The maximum absolute atomic E-state index is 8.74. The van der Waals surface area contributed by atoms with Crippen LogP contribution >= 0.6 is 0 Å². The summed E-state index contributed by atoms with van der Waals surface area (Å²) in [7, 11) is 0. The molecule has 1 aliphatic rings. The van der Waals surface area contributed by atoms with E-state index in [4.69, 9.17) is 11.0 Å². The summed E-state index contributed by atoms with van der Waals surface area (Å²) in [5.74, 6) is 0. The van der Waals surface area contributed by atoms with Crippen molar-refractivity contribution in [2.24, 2.45) is 5.73 Å². The van der Waals surface area contributed by atoms with E-state index in [1.54, 1.807) is 0 Å². The first-order valence-corrected chi connectivity index (χ1v) is 6.51. The van der Waals surface area contributed by atoms with E-state index in [-0.39, 0.29) is 0 Å². The fraction of sp³-hybridized carbons (Fsp3) is 0.500. The minimum atomic E-state index is 0.534. The first-order chi connectivity index (χ1) is 8.81. The molecule has 96 valence electrons. The molecule has 1 aliphatic heterocycles. The number of nitriles is 1. The molecule has 4 heteroatoms. The second-order valence-corrected chi connectivity index (χ2v) is 4.74. The predicted molar refractivity (Wildman–Crippen MR) is 73.3 cm³/mol. The lowest BCUT2D eigenvalue weighted by Crippen LogP contribution is -2.41. The molecule has 1 aromatic carbocycles. The summed E-state index contributed by atoms with van der Waals surface area (Å²) in [6.45, 7) is 3.98. The van der Waals surface area contributed by atoms with Gasteiger partial charge in [0.1, 0.15) is 0 Å². The Bertz CT molecular complexity index is 399. The minimum absolute atomic E-state index is 0.534. The first kappa shape index (κ1) is 12.9. The predicted octanol–water partition coefficient (Wildman–Crippen LogP) is 1.39. The van der Waals surface area contributed by atoms with E-state index in [0.29, 0.717) is 11.6 Å². The third-order valence-corrected chi connectivity index (χ3v) is 3.42. The Labute approximate surface area is 108 Å². The standard InChI is InChI=1S/C14H20N4/c15-7-10-18-8-5-14(6-9-18)17-13-3-1-12(11-16)2-4-13/h1-4,14,17H,5-10,15H2. The molecule has 18 heavy (non-hydrogen) atoms. The van der Waals surface area contributed by atoms with Gasteiger partial charge in [0.05, 0.1) is 11.6 Å². The molecular weight excluding hydrogens is 224 g/mol. The van der Waals surface area contributed by atoms with Crippen LogP contribution in [0.3, 0.4) is 0 Å². The Hall–Kier alpha value is -1.57. The topological polar surface area (TPSA) is 65.1 Å². The molecule has 1 saturated heterocycles. The summed E-state index contributed by atoms with van der Waals surface area (Å²) in [4.78, 5) is 2.41.